The Kier molecular flexibility index (Phi) is 4.43. The Hall–Kier alpha value is -3.48. The van der Waals surface area contributed by atoms with Crippen molar-refractivity contribution in [2.45, 2.75) is 19.9 Å². The summed E-state index contributed by atoms with van der Waals surface area (Å²) in [5, 5.41) is 2.87. The van der Waals surface area contributed by atoms with Crippen LogP contribution in [0.5, 0.6) is 0 Å². The smallest absolute Gasteiger partial charge is 0.261 e. The summed E-state index contributed by atoms with van der Waals surface area (Å²) < 4.78 is 2.14. The molecule has 0 radical (unpaired) electrons. The molecule has 1 N–H and O–H groups in total. The van der Waals surface area contributed by atoms with Gasteiger partial charge in [0.05, 0.1) is 22.2 Å². The summed E-state index contributed by atoms with van der Waals surface area (Å²) in [6.07, 6.45) is 0.748. The van der Waals surface area contributed by atoms with Gasteiger partial charge in [-0.2, -0.15) is 0 Å². The second-order valence-corrected chi connectivity index (χ2v) is 6.84. The predicted molar refractivity (Wildman–Crippen MR) is 104 cm³/mol. The van der Waals surface area contributed by atoms with E-state index in [1.54, 1.807) is 6.07 Å². The van der Waals surface area contributed by atoms with Gasteiger partial charge in [0, 0.05) is 25.7 Å². The highest BCUT2D eigenvalue weighted by atomic mass is 16.2. The molecule has 1 aliphatic rings. The third-order valence-electron chi connectivity index (χ3n) is 5.04. The predicted octanol–water partition coefficient (Wildman–Crippen LogP) is 2.39. The number of rotatable bonds is 5. The fourth-order valence-corrected chi connectivity index (χ4v) is 3.52. The molecule has 1 aromatic heterocycles. The number of carbonyl (C=O) groups is 3. The molecule has 0 atom stereocenters. The highest BCUT2D eigenvalue weighted by Gasteiger charge is 2.33. The van der Waals surface area contributed by atoms with E-state index in [1.165, 1.54) is 19.2 Å². The number of benzene rings is 2. The number of aryl methyl sites for hydroxylation is 2. The van der Waals surface area contributed by atoms with Gasteiger partial charge in [-0.25, -0.2) is 4.98 Å². The van der Waals surface area contributed by atoms with E-state index in [2.05, 4.69) is 14.9 Å². The Morgan fingerprint density at radius 2 is 1.82 bits per heavy atom. The molecule has 3 aromatic rings. The van der Waals surface area contributed by atoms with Crippen molar-refractivity contribution in [2.75, 3.05) is 13.6 Å². The molecule has 142 valence electrons. The van der Waals surface area contributed by atoms with E-state index in [4.69, 9.17) is 0 Å². The lowest BCUT2D eigenvalue weighted by Crippen LogP contribution is -2.25. The second kappa shape index (κ2) is 6.92. The molecule has 7 heteroatoms. The maximum absolute atomic E-state index is 12.4. The Morgan fingerprint density at radius 3 is 2.64 bits per heavy atom. The minimum absolute atomic E-state index is 0.259. The zero-order valence-corrected chi connectivity index (χ0v) is 15.7. The molecular weight excluding hydrogens is 356 g/mol. The number of imidazole rings is 1. The first-order valence-corrected chi connectivity index (χ1v) is 9.14. The number of hydrogen-bond acceptors (Lipinski definition) is 4. The maximum Gasteiger partial charge on any atom is 0.261 e. The average Bonchev–Trinajstić information content (AvgIpc) is 3.13. The van der Waals surface area contributed by atoms with Crippen molar-refractivity contribution in [2.24, 2.45) is 0 Å². The summed E-state index contributed by atoms with van der Waals surface area (Å²) in [6.45, 7) is 3.21. The molecule has 1 aliphatic heterocycles. The van der Waals surface area contributed by atoms with E-state index in [0.717, 1.165) is 34.7 Å². The van der Waals surface area contributed by atoms with Crippen LogP contribution in [0.1, 0.15) is 43.3 Å². The van der Waals surface area contributed by atoms with Crippen molar-refractivity contribution >= 4 is 28.8 Å². The van der Waals surface area contributed by atoms with Gasteiger partial charge >= 0.3 is 0 Å². The fourth-order valence-electron chi connectivity index (χ4n) is 3.52. The summed E-state index contributed by atoms with van der Waals surface area (Å²) >= 11 is 0. The van der Waals surface area contributed by atoms with Gasteiger partial charge in [-0.15, -0.1) is 0 Å². The van der Waals surface area contributed by atoms with Crippen LogP contribution in [0.4, 0.5) is 0 Å². The van der Waals surface area contributed by atoms with Gasteiger partial charge in [-0.1, -0.05) is 12.1 Å². The first-order chi connectivity index (χ1) is 13.5. The molecule has 2 aromatic carbocycles. The quantitative estimate of drug-likeness (QED) is 0.547. The Morgan fingerprint density at radius 1 is 1.07 bits per heavy atom. The topological polar surface area (TPSA) is 84.3 Å². The number of hydrogen-bond donors (Lipinski definition) is 1. The third-order valence-corrected chi connectivity index (χ3v) is 5.04. The molecule has 0 aliphatic carbocycles. The van der Waals surface area contributed by atoms with E-state index >= 15 is 0 Å². The number of nitrogens with zero attached hydrogens (tertiary/aromatic N) is 3. The lowest BCUT2D eigenvalue weighted by molar-refractivity contribution is 0.0693. The Bertz CT molecular complexity index is 1120. The molecule has 0 unspecified atom stereocenters. The maximum atomic E-state index is 12.4. The summed E-state index contributed by atoms with van der Waals surface area (Å²) in [5.41, 5.74) is 3.04. The van der Waals surface area contributed by atoms with Crippen molar-refractivity contribution in [3.63, 3.8) is 0 Å². The first-order valence-electron chi connectivity index (χ1n) is 9.14. The SMILES string of the molecule is Cc1nc2ccccc2n1CCCNC(=O)c1ccc2c(c1)C(=O)N(C)C2=O. The molecule has 4 rings (SSSR count). The van der Waals surface area contributed by atoms with Gasteiger partial charge in [0.15, 0.2) is 0 Å². The molecular formula is C21H20N4O3. The molecule has 0 fully saturated rings. The van der Waals surface area contributed by atoms with Crippen LogP contribution < -0.4 is 5.32 Å². The second-order valence-electron chi connectivity index (χ2n) is 6.84. The zero-order valence-electron chi connectivity index (χ0n) is 15.7. The van der Waals surface area contributed by atoms with Gasteiger partial charge in [-0.05, 0) is 43.7 Å². The third kappa shape index (κ3) is 2.94. The van der Waals surface area contributed by atoms with Crippen molar-refractivity contribution in [1.82, 2.24) is 19.8 Å². The molecule has 0 saturated heterocycles. The van der Waals surface area contributed by atoms with Crippen molar-refractivity contribution in [1.29, 1.82) is 0 Å². The van der Waals surface area contributed by atoms with Gasteiger partial charge < -0.3 is 9.88 Å². The summed E-state index contributed by atoms with van der Waals surface area (Å²) in [7, 11) is 1.44. The average molecular weight is 376 g/mol. The largest absolute Gasteiger partial charge is 0.352 e. The van der Waals surface area contributed by atoms with Crippen LogP contribution >= 0.6 is 0 Å². The van der Waals surface area contributed by atoms with E-state index in [9.17, 15) is 14.4 Å². The van der Waals surface area contributed by atoms with Crippen LogP contribution in [0.2, 0.25) is 0 Å². The monoisotopic (exact) mass is 376 g/mol. The van der Waals surface area contributed by atoms with Crippen LogP contribution in [0.15, 0.2) is 42.5 Å². The lowest BCUT2D eigenvalue weighted by Gasteiger charge is -2.09. The van der Waals surface area contributed by atoms with Crippen LogP contribution in [0.25, 0.3) is 11.0 Å². The molecule has 7 nitrogen and oxygen atoms in total. The molecule has 3 amide bonds. The van der Waals surface area contributed by atoms with E-state index in [-0.39, 0.29) is 23.3 Å². The first kappa shape index (κ1) is 17.9. The number of imide groups is 1. The van der Waals surface area contributed by atoms with Gasteiger partial charge in [-0.3, -0.25) is 19.3 Å². The number of para-hydroxylation sites is 2. The molecule has 0 spiro atoms. The van der Waals surface area contributed by atoms with Crippen molar-refractivity contribution < 1.29 is 14.4 Å². The van der Waals surface area contributed by atoms with Gasteiger partial charge in [0.25, 0.3) is 17.7 Å². The van der Waals surface area contributed by atoms with Crippen LogP contribution in [0, 0.1) is 6.92 Å². The van der Waals surface area contributed by atoms with Crippen molar-refractivity contribution in [3.05, 3.63) is 65.0 Å². The molecule has 28 heavy (non-hydrogen) atoms. The van der Waals surface area contributed by atoms with Gasteiger partial charge in [0.2, 0.25) is 0 Å². The standard InChI is InChI=1S/C21H20N4O3/c1-13-23-17-6-3-4-7-18(17)25(13)11-5-10-22-19(26)14-8-9-15-16(12-14)21(28)24(2)20(15)27/h3-4,6-9,12H,5,10-11H2,1-2H3,(H,22,26). The van der Waals surface area contributed by atoms with E-state index in [0.29, 0.717) is 17.7 Å². The van der Waals surface area contributed by atoms with Crippen LogP contribution in [-0.4, -0.2) is 45.8 Å². The number of carbonyl (C=O) groups excluding carboxylic acids is 3. The Labute approximate surface area is 162 Å². The summed E-state index contributed by atoms with van der Waals surface area (Å²) in [4.78, 5) is 42.0. The number of fused-ring (bicyclic) bond motifs is 2. The minimum Gasteiger partial charge on any atom is -0.352 e. The molecule has 0 bridgehead atoms. The van der Waals surface area contributed by atoms with Crippen molar-refractivity contribution in [3.8, 4) is 0 Å². The highest BCUT2D eigenvalue weighted by Crippen LogP contribution is 2.22. The Balaban J connectivity index is 1.38. The zero-order chi connectivity index (χ0) is 19.8. The number of nitrogens with one attached hydrogen (secondary N) is 1. The molecule has 0 saturated carbocycles. The minimum atomic E-state index is -0.378. The molecule has 2 heterocycles. The number of amides is 3. The lowest BCUT2D eigenvalue weighted by atomic mass is 10.1. The van der Waals surface area contributed by atoms with E-state index in [1.807, 2.05) is 31.2 Å². The normalized spacial score (nSPS) is 13.3. The fraction of sp³-hybridized carbons (Fsp3) is 0.238. The summed E-state index contributed by atoms with van der Waals surface area (Å²) in [6, 6.07) is 12.6. The van der Waals surface area contributed by atoms with Gasteiger partial charge in [0.1, 0.15) is 5.82 Å². The van der Waals surface area contributed by atoms with E-state index < -0.39 is 0 Å². The van der Waals surface area contributed by atoms with Crippen LogP contribution in [0.3, 0.4) is 0 Å². The summed E-state index contributed by atoms with van der Waals surface area (Å²) in [5.74, 6) is -0.0322. The van der Waals surface area contributed by atoms with Crippen LogP contribution in [-0.2, 0) is 6.54 Å². The highest BCUT2D eigenvalue weighted by molar-refractivity contribution is 6.21. The number of aromatic nitrogens is 2.